The number of hydrogen-bond donors (Lipinski definition) is 4. The van der Waals surface area contributed by atoms with Crippen molar-refractivity contribution in [2.24, 2.45) is 0 Å². The van der Waals surface area contributed by atoms with Crippen LogP contribution in [0.3, 0.4) is 0 Å². The van der Waals surface area contributed by atoms with E-state index in [4.69, 9.17) is 19.7 Å². The summed E-state index contributed by atoms with van der Waals surface area (Å²) in [5.74, 6) is 1.59. The Morgan fingerprint density at radius 1 is 0.722 bits per heavy atom. The van der Waals surface area contributed by atoms with Gasteiger partial charge in [-0.3, -0.25) is 18.4 Å². The summed E-state index contributed by atoms with van der Waals surface area (Å²) in [7, 11) is -2.54. The summed E-state index contributed by atoms with van der Waals surface area (Å²) in [6.07, 6.45) is 6.80. The molecule has 4 N–H and O–H groups in total. The van der Waals surface area contributed by atoms with Gasteiger partial charge in [-0.1, -0.05) is 46.7 Å². The van der Waals surface area contributed by atoms with E-state index < -0.39 is 31.0 Å². The van der Waals surface area contributed by atoms with Crippen molar-refractivity contribution in [2.75, 3.05) is 43.1 Å². The molecule has 2 fully saturated rings. The molecule has 2 aliphatic heterocycles. The zero-order valence-corrected chi connectivity index (χ0v) is 41.9. The largest absolute Gasteiger partial charge is 0.443 e. The number of nitrogens with zero attached hydrogens (tertiary/aromatic N) is 9. The van der Waals surface area contributed by atoms with Crippen molar-refractivity contribution < 1.29 is 45.0 Å². The topological polar surface area (TPSA) is 293 Å². The van der Waals surface area contributed by atoms with Crippen molar-refractivity contribution >= 4 is 70.5 Å². The maximum absolute atomic E-state index is 12.9. The number of sulfonamides is 1. The molecule has 0 saturated carbocycles. The predicted molar refractivity (Wildman–Crippen MR) is 264 cm³/mol. The first-order chi connectivity index (χ1) is 34.1. The van der Waals surface area contributed by atoms with Crippen LogP contribution in [0.5, 0.6) is 0 Å². The number of carbonyl (C=O) groups is 3. The Balaban J connectivity index is 0.000000159. The lowest BCUT2D eigenvalue weighted by molar-refractivity contribution is 0.0570. The highest BCUT2D eigenvalue weighted by Crippen LogP contribution is 2.31. The number of pyridine rings is 2. The molecule has 0 unspecified atom stereocenters. The lowest BCUT2D eigenvalue weighted by Gasteiger charge is -2.34. The normalized spacial score (nSPS) is 14.3. The lowest BCUT2D eigenvalue weighted by atomic mass is 10.0. The number of amides is 3. The van der Waals surface area contributed by atoms with Gasteiger partial charge in [0, 0.05) is 71.8 Å². The molecule has 8 aromatic rings. The fraction of sp³-hybridized carbons (Fsp3) is 0.283. The van der Waals surface area contributed by atoms with Gasteiger partial charge in [-0.2, -0.15) is 18.4 Å². The summed E-state index contributed by atoms with van der Waals surface area (Å²) in [5, 5.41) is 17.2. The van der Waals surface area contributed by atoms with Crippen LogP contribution in [0.1, 0.15) is 76.5 Å². The van der Waals surface area contributed by atoms with Crippen LogP contribution in [0.4, 0.5) is 16.2 Å². The fourth-order valence-electron chi connectivity index (χ4n) is 7.13. The number of rotatable bonds is 10. The molecule has 2 saturated heterocycles. The zero-order valence-electron chi connectivity index (χ0n) is 39.5. The van der Waals surface area contributed by atoms with Crippen LogP contribution in [-0.4, -0.2) is 116 Å². The monoisotopic (exact) mass is 1040 g/mol. The standard InChI is InChI=1S/C21H20N6O4S.C20H18N6O2.C5H10ClNO4S/c1-13-6-7-14(19-24-21(31-25-19)15-11-26(12-15)32(2,29)30)9-16(13)23-20(28)17-10-22-18-5-3-4-8-27(17)18;1-12-5-6-13(18-24-20(28-25-18)14-9-21-10-14)8-15(12)23-19(27)16-11-22-17-4-2-3-7-26(16)17;1-5(2,3)11-4(8)7-12(6,9)10/h3-10,15H,11-12H2,1-2H3,(H,23,28);2-8,11,14,21H,9-10H2,1H3,(H,23,27);1-3H3,(H,7,8). The molecule has 0 bridgehead atoms. The maximum atomic E-state index is 12.9. The van der Waals surface area contributed by atoms with Gasteiger partial charge >= 0.3 is 15.3 Å². The average molecular weight is 1040 g/mol. The molecule has 2 aromatic carbocycles. The van der Waals surface area contributed by atoms with E-state index in [0.29, 0.717) is 70.5 Å². The van der Waals surface area contributed by atoms with Gasteiger partial charge in [0.2, 0.25) is 33.5 Å². The average Bonchev–Trinajstić information content (AvgIpc) is 4.10. The number of aromatic nitrogens is 8. The number of anilines is 2. The van der Waals surface area contributed by atoms with Gasteiger partial charge in [0.1, 0.15) is 28.3 Å². The summed E-state index contributed by atoms with van der Waals surface area (Å²) >= 11 is 0. The van der Waals surface area contributed by atoms with Gasteiger partial charge in [0.15, 0.2) is 0 Å². The number of ether oxygens (including phenoxy) is 1. The second-order valence-electron chi connectivity index (χ2n) is 17.7. The third-order valence-corrected chi connectivity index (χ3v) is 12.9. The van der Waals surface area contributed by atoms with E-state index in [1.54, 1.807) is 48.0 Å². The van der Waals surface area contributed by atoms with Crippen LogP contribution >= 0.6 is 10.7 Å². The highest BCUT2D eigenvalue weighted by molar-refractivity contribution is 8.12. The second kappa shape index (κ2) is 20.6. The smallest absolute Gasteiger partial charge is 0.422 e. The number of aryl methyl sites for hydroxylation is 2. The molecule has 23 nitrogen and oxygen atoms in total. The maximum Gasteiger partial charge on any atom is 0.422 e. The van der Waals surface area contributed by atoms with Crippen LogP contribution in [0.15, 0.2) is 107 Å². The summed E-state index contributed by atoms with van der Waals surface area (Å²) in [5.41, 5.74) is 6.18. The first-order valence-corrected chi connectivity index (χ1v) is 26.2. The minimum Gasteiger partial charge on any atom is -0.443 e. The second-order valence-corrected chi connectivity index (χ2v) is 22.0. The van der Waals surface area contributed by atoms with Crippen LogP contribution in [0.25, 0.3) is 34.1 Å². The molecule has 0 atom stereocenters. The quantitative estimate of drug-likeness (QED) is 0.115. The van der Waals surface area contributed by atoms with Crippen LogP contribution < -0.4 is 20.7 Å². The number of nitrogens with one attached hydrogen (secondary N) is 4. The molecule has 0 radical (unpaired) electrons. The van der Waals surface area contributed by atoms with Crippen molar-refractivity contribution in [3.8, 4) is 22.8 Å². The molecular weight excluding hydrogens is 994 g/mol. The Hall–Kier alpha value is -7.58. The van der Waals surface area contributed by atoms with Crippen molar-refractivity contribution in [3.63, 3.8) is 0 Å². The van der Waals surface area contributed by atoms with Crippen molar-refractivity contribution in [1.29, 1.82) is 0 Å². The minimum atomic E-state index is -4.05. The van der Waals surface area contributed by atoms with E-state index in [0.717, 1.165) is 35.4 Å². The molecule has 6 aromatic heterocycles. The molecule has 0 aliphatic carbocycles. The molecule has 8 heterocycles. The first kappa shape index (κ1) is 50.8. The molecule has 2 aliphatic rings. The molecular formula is C46H48ClN13O10S2. The molecule has 10 rings (SSSR count). The van der Waals surface area contributed by atoms with Crippen LogP contribution in [0.2, 0.25) is 0 Å². The SMILES string of the molecule is CC(C)(C)OC(=O)NS(=O)(=O)Cl.Cc1ccc(-c2noc(C3CN(S(C)(=O)=O)C3)n2)cc1NC(=O)c1cnc2ccccn12.Cc1ccc(-c2noc(C3CNC3)n2)cc1NC(=O)c1cnc2ccccn12. The first-order valence-electron chi connectivity index (χ1n) is 22.1. The van der Waals surface area contributed by atoms with Gasteiger partial charge in [-0.25, -0.2) is 32.2 Å². The Morgan fingerprint density at radius 2 is 1.19 bits per heavy atom. The third kappa shape index (κ3) is 12.3. The van der Waals surface area contributed by atoms with Gasteiger partial charge in [-0.15, -0.1) is 0 Å². The van der Waals surface area contributed by atoms with Gasteiger partial charge < -0.3 is 29.7 Å². The summed E-state index contributed by atoms with van der Waals surface area (Å²) in [6.45, 7) is 11.0. The zero-order chi connectivity index (χ0) is 51.5. The van der Waals surface area contributed by atoms with Crippen molar-refractivity contribution in [3.05, 3.63) is 132 Å². The number of benzene rings is 2. The van der Waals surface area contributed by atoms with Crippen LogP contribution in [0, 0.1) is 13.8 Å². The van der Waals surface area contributed by atoms with Gasteiger partial charge in [-0.05, 0) is 82.1 Å². The molecule has 26 heteroatoms. The number of fused-ring (bicyclic) bond motifs is 2. The van der Waals surface area contributed by atoms with Crippen LogP contribution in [-0.2, 0) is 24.0 Å². The third-order valence-electron chi connectivity index (χ3n) is 11.1. The van der Waals surface area contributed by atoms with Crippen molar-refractivity contribution in [1.82, 2.24) is 53.4 Å². The van der Waals surface area contributed by atoms with Gasteiger partial charge in [0.25, 0.3) is 11.8 Å². The van der Waals surface area contributed by atoms with E-state index in [2.05, 4.69) is 50.9 Å². The fourth-order valence-corrected chi connectivity index (χ4v) is 8.46. The minimum absolute atomic E-state index is 0.120. The summed E-state index contributed by atoms with van der Waals surface area (Å²) in [4.78, 5) is 53.8. The van der Waals surface area contributed by atoms with Gasteiger partial charge in [0.05, 0.1) is 30.5 Å². The molecule has 72 heavy (non-hydrogen) atoms. The lowest BCUT2D eigenvalue weighted by Crippen LogP contribution is -2.47. The molecule has 376 valence electrons. The number of carbonyl (C=O) groups excluding carboxylic acids is 3. The van der Waals surface area contributed by atoms with E-state index in [9.17, 15) is 31.2 Å². The predicted octanol–water partition coefficient (Wildman–Crippen LogP) is 5.93. The highest BCUT2D eigenvalue weighted by atomic mass is 35.7. The molecule has 0 spiro atoms. The Kier molecular flexibility index (Phi) is 14.6. The van der Waals surface area contributed by atoms with Crippen molar-refractivity contribution in [2.45, 2.75) is 52.1 Å². The van der Waals surface area contributed by atoms with E-state index >= 15 is 0 Å². The number of halogens is 1. The number of hydrogen-bond acceptors (Lipinski definition) is 17. The highest BCUT2D eigenvalue weighted by Gasteiger charge is 2.38. The summed E-state index contributed by atoms with van der Waals surface area (Å²) in [6, 6.07) is 22.3. The Bertz CT molecular complexity index is 3540. The van der Waals surface area contributed by atoms with E-state index in [-0.39, 0.29) is 23.7 Å². The van der Waals surface area contributed by atoms with E-state index in [1.165, 1.54) is 21.5 Å². The Morgan fingerprint density at radius 3 is 1.61 bits per heavy atom. The van der Waals surface area contributed by atoms with E-state index in [1.807, 2.05) is 86.8 Å². The number of imidazole rings is 2. The molecule has 3 amide bonds. The summed E-state index contributed by atoms with van der Waals surface area (Å²) < 4.78 is 65.3. The Labute approximate surface area is 416 Å².